The highest BCUT2D eigenvalue weighted by Gasteiger charge is 2.13. The summed E-state index contributed by atoms with van der Waals surface area (Å²) in [6.45, 7) is 4.33. The fourth-order valence-electron chi connectivity index (χ4n) is 1.08. The molecule has 0 bridgehead atoms. The first kappa shape index (κ1) is 12.1. The number of methoxy groups -OCH3 is 1. The number of rotatable bonds is 5. The van der Waals surface area contributed by atoms with Crippen molar-refractivity contribution in [2.75, 3.05) is 19.5 Å². The number of anilines is 1. The predicted molar refractivity (Wildman–Crippen MR) is 63.7 cm³/mol. The Labute approximate surface area is 94.8 Å². The Kier molecular flexibility index (Phi) is 4.68. The normalized spacial score (nSPS) is 12.3. The first-order chi connectivity index (χ1) is 7.22. The maximum Gasteiger partial charge on any atom is 0.193 e. The molecule has 0 fully saturated rings. The molecule has 4 nitrogen and oxygen atoms in total. The molecular formula is C10H17N3OS. The van der Waals surface area contributed by atoms with Gasteiger partial charge >= 0.3 is 0 Å². The van der Waals surface area contributed by atoms with Crippen molar-refractivity contribution in [2.24, 2.45) is 0 Å². The highest BCUT2D eigenvalue weighted by atomic mass is 32.2. The Bertz CT molecular complexity index is 320. The third kappa shape index (κ3) is 2.99. The Balaban J connectivity index is 2.95. The van der Waals surface area contributed by atoms with Crippen molar-refractivity contribution in [1.82, 2.24) is 9.97 Å². The molecule has 0 aliphatic carbocycles. The summed E-state index contributed by atoms with van der Waals surface area (Å²) < 4.78 is 5.30. The van der Waals surface area contributed by atoms with Gasteiger partial charge in [0.2, 0.25) is 0 Å². The molecule has 0 saturated carbocycles. The summed E-state index contributed by atoms with van der Waals surface area (Å²) in [6.07, 6.45) is 2.66. The molecule has 0 spiro atoms. The minimum Gasteiger partial charge on any atom is -0.490 e. The maximum atomic E-state index is 5.30. The molecule has 1 unspecified atom stereocenters. The lowest BCUT2D eigenvalue weighted by Crippen LogP contribution is -2.02. The standard InChI is InChI=1S/C10H17N3OS/c1-5-7(2)15-10-8(14-4)9(11-3)12-6-13-10/h6-7H,5H2,1-4H3,(H,11,12,13). The minimum absolute atomic E-state index is 0.526. The van der Waals surface area contributed by atoms with Gasteiger partial charge in [-0.1, -0.05) is 25.6 Å². The van der Waals surface area contributed by atoms with Gasteiger partial charge in [0.1, 0.15) is 11.4 Å². The van der Waals surface area contributed by atoms with E-state index in [0.717, 1.165) is 23.0 Å². The molecule has 0 aliphatic heterocycles. The Hall–Kier alpha value is -0.970. The SMILES string of the molecule is CCC(C)Sc1ncnc(NC)c1OC. The number of nitrogens with one attached hydrogen (secondary N) is 1. The van der Waals surface area contributed by atoms with Crippen molar-refractivity contribution in [1.29, 1.82) is 0 Å². The molecule has 0 aliphatic rings. The number of nitrogens with zero attached hydrogens (tertiary/aromatic N) is 2. The number of aromatic nitrogens is 2. The van der Waals surface area contributed by atoms with E-state index in [9.17, 15) is 0 Å². The highest BCUT2D eigenvalue weighted by Crippen LogP contribution is 2.34. The lowest BCUT2D eigenvalue weighted by Gasteiger charge is -2.13. The molecule has 0 radical (unpaired) electrons. The zero-order valence-corrected chi connectivity index (χ0v) is 10.4. The van der Waals surface area contributed by atoms with Crippen LogP contribution in [-0.4, -0.2) is 29.4 Å². The van der Waals surface area contributed by atoms with Crippen LogP contribution in [0, 0.1) is 0 Å². The maximum absolute atomic E-state index is 5.30. The molecule has 1 atom stereocenters. The van der Waals surface area contributed by atoms with Gasteiger partial charge in [-0.05, 0) is 6.42 Å². The van der Waals surface area contributed by atoms with Crippen molar-refractivity contribution in [2.45, 2.75) is 30.5 Å². The van der Waals surface area contributed by atoms with Crippen LogP contribution in [0.25, 0.3) is 0 Å². The Morgan fingerprint density at radius 3 is 2.80 bits per heavy atom. The third-order valence-electron chi connectivity index (χ3n) is 2.10. The summed E-state index contributed by atoms with van der Waals surface area (Å²) in [5.41, 5.74) is 0. The van der Waals surface area contributed by atoms with E-state index in [1.807, 2.05) is 7.05 Å². The second-order valence-electron chi connectivity index (χ2n) is 3.15. The zero-order chi connectivity index (χ0) is 11.3. The van der Waals surface area contributed by atoms with Crippen molar-refractivity contribution in [3.63, 3.8) is 0 Å². The van der Waals surface area contributed by atoms with Crippen LogP contribution in [0.1, 0.15) is 20.3 Å². The Morgan fingerprint density at radius 1 is 1.53 bits per heavy atom. The van der Waals surface area contributed by atoms with Gasteiger partial charge in [0.25, 0.3) is 0 Å². The highest BCUT2D eigenvalue weighted by molar-refractivity contribution is 7.99. The van der Waals surface area contributed by atoms with Crippen LogP contribution in [0.4, 0.5) is 5.82 Å². The summed E-state index contributed by atoms with van der Waals surface area (Å²) in [6, 6.07) is 0. The quantitative estimate of drug-likeness (QED) is 0.618. The number of hydrogen-bond donors (Lipinski definition) is 1. The predicted octanol–water partition coefficient (Wildman–Crippen LogP) is 2.42. The molecule has 0 saturated heterocycles. The fourth-order valence-corrected chi connectivity index (χ4v) is 2.02. The van der Waals surface area contributed by atoms with E-state index in [-0.39, 0.29) is 0 Å². The van der Waals surface area contributed by atoms with Gasteiger partial charge < -0.3 is 10.1 Å². The number of hydrogen-bond acceptors (Lipinski definition) is 5. The van der Waals surface area contributed by atoms with E-state index in [1.54, 1.807) is 25.2 Å². The molecule has 0 aromatic carbocycles. The summed E-state index contributed by atoms with van der Waals surface area (Å²) in [7, 11) is 3.46. The van der Waals surface area contributed by atoms with Crippen LogP contribution in [0.15, 0.2) is 11.4 Å². The molecule has 84 valence electrons. The third-order valence-corrected chi connectivity index (χ3v) is 3.35. The first-order valence-electron chi connectivity index (χ1n) is 4.96. The largest absolute Gasteiger partial charge is 0.490 e. The fraction of sp³-hybridized carbons (Fsp3) is 0.600. The molecule has 5 heteroatoms. The van der Waals surface area contributed by atoms with Gasteiger partial charge in [-0.3, -0.25) is 0 Å². The van der Waals surface area contributed by atoms with E-state index in [1.165, 1.54) is 0 Å². The molecule has 1 aromatic heterocycles. The van der Waals surface area contributed by atoms with Gasteiger partial charge in [0, 0.05) is 12.3 Å². The van der Waals surface area contributed by atoms with Gasteiger partial charge in [0.15, 0.2) is 11.6 Å². The molecule has 1 N–H and O–H groups in total. The molecular weight excluding hydrogens is 210 g/mol. The van der Waals surface area contributed by atoms with Crippen LogP contribution >= 0.6 is 11.8 Å². The lowest BCUT2D eigenvalue weighted by molar-refractivity contribution is 0.400. The van der Waals surface area contributed by atoms with Gasteiger partial charge in [-0.25, -0.2) is 9.97 Å². The summed E-state index contributed by atoms with van der Waals surface area (Å²) in [5.74, 6) is 1.46. The zero-order valence-electron chi connectivity index (χ0n) is 9.57. The van der Waals surface area contributed by atoms with Crippen molar-refractivity contribution >= 4 is 17.6 Å². The van der Waals surface area contributed by atoms with Crippen LogP contribution in [0.2, 0.25) is 0 Å². The second kappa shape index (κ2) is 5.80. The Morgan fingerprint density at radius 2 is 2.27 bits per heavy atom. The minimum atomic E-state index is 0.526. The summed E-state index contributed by atoms with van der Waals surface area (Å²) in [4.78, 5) is 8.33. The monoisotopic (exact) mass is 227 g/mol. The van der Waals surface area contributed by atoms with Crippen molar-refractivity contribution in [3.05, 3.63) is 6.33 Å². The van der Waals surface area contributed by atoms with Gasteiger partial charge in [-0.2, -0.15) is 0 Å². The van der Waals surface area contributed by atoms with Gasteiger partial charge in [0.05, 0.1) is 7.11 Å². The molecule has 1 heterocycles. The van der Waals surface area contributed by atoms with Crippen LogP contribution in [0.3, 0.4) is 0 Å². The average molecular weight is 227 g/mol. The van der Waals surface area contributed by atoms with Crippen LogP contribution in [0.5, 0.6) is 5.75 Å². The van der Waals surface area contributed by atoms with Crippen LogP contribution in [-0.2, 0) is 0 Å². The average Bonchev–Trinajstić information content (AvgIpc) is 2.28. The molecule has 1 rings (SSSR count). The smallest absolute Gasteiger partial charge is 0.193 e. The van der Waals surface area contributed by atoms with Crippen LogP contribution < -0.4 is 10.1 Å². The van der Waals surface area contributed by atoms with Crippen molar-refractivity contribution in [3.8, 4) is 5.75 Å². The first-order valence-corrected chi connectivity index (χ1v) is 5.84. The molecule has 0 amide bonds. The summed E-state index contributed by atoms with van der Waals surface area (Å²) in [5, 5.41) is 4.41. The van der Waals surface area contributed by atoms with Crippen molar-refractivity contribution < 1.29 is 4.74 Å². The van der Waals surface area contributed by atoms with E-state index >= 15 is 0 Å². The molecule has 1 aromatic rings. The molecule has 15 heavy (non-hydrogen) atoms. The summed E-state index contributed by atoms with van der Waals surface area (Å²) >= 11 is 1.71. The number of thioether (sulfide) groups is 1. The second-order valence-corrected chi connectivity index (χ2v) is 4.57. The van der Waals surface area contributed by atoms with Gasteiger partial charge in [-0.15, -0.1) is 0 Å². The van der Waals surface area contributed by atoms with E-state index in [2.05, 4.69) is 29.1 Å². The topological polar surface area (TPSA) is 47.0 Å². The van der Waals surface area contributed by atoms with E-state index in [0.29, 0.717) is 5.25 Å². The lowest BCUT2D eigenvalue weighted by atomic mass is 10.4. The van der Waals surface area contributed by atoms with E-state index < -0.39 is 0 Å². The van der Waals surface area contributed by atoms with E-state index in [4.69, 9.17) is 4.74 Å². The number of ether oxygens (including phenoxy) is 1.